The topological polar surface area (TPSA) is 47.3 Å². The maximum absolute atomic E-state index is 13.7. The Morgan fingerprint density at radius 2 is 2.17 bits per heavy atom. The molecule has 0 atom stereocenters. The molecule has 0 amide bonds. The molecule has 4 nitrogen and oxygen atoms in total. The van der Waals surface area contributed by atoms with Crippen molar-refractivity contribution in [2.45, 2.75) is 13.2 Å². The van der Waals surface area contributed by atoms with E-state index in [1.165, 1.54) is 17.9 Å². The Labute approximate surface area is 109 Å². The number of aromatic nitrogens is 2. The lowest BCUT2D eigenvalue weighted by molar-refractivity contribution is 0.178. The SMILES string of the molecule is COCc1nn(-c2ccccc2F)c(Cl)c1CO. The second kappa shape index (κ2) is 5.48. The Morgan fingerprint density at radius 1 is 1.44 bits per heavy atom. The molecule has 0 aliphatic rings. The van der Waals surface area contributed by atoms with Gasteiger partial charge in [-0.2, -0.15) is 5.10 Å². The molecular formula is C12H12ClFN2O2. The number of rotatable bonds is 4. The molecule has 0 radical (unpaired) electrons. The van der Waals surface area contributed by atoms with Crippen molar-refractivity contribution in [1.29, 1.82) is 0 Å². The molecule has 1 heterocycles. The van der Waals surface area contributed by atoms with Crippen LogP contribution in [0.5, 0.6) is 0 Å². The zero-order valence-electron chi connectivity index (χ0n) is 9.73. The van der Waals surface area contributed by atoms with E-state index in [0.717, 1.165) is 0 Å². The largest absolute Gasteiger partial charge is 0.391 e. The van der Waals surface area contributed by atoms with Gasteiger partial charge < -0.3 is 9.84 Å². The predicted octanol–water partition coefficient (Wildman–Crippen LogP) is 2.30. The summed E-state index contributed by atoms with van der Waals surface area (Å²) in [7, 11) is 1.51. The standard InChI is InChI=1S/C12H12ClFN2O2/c1-18-7-10-8(6-17)12(13)16(15-10)11-5-3-2-4-9(11)14/h2-5,17H,6-7H2,1H3. The van der Waals surface area contributed by atoms with E-state index in [4.69, 9.17) is 16.3 Å². The van der Waals surface area contributed by atoms with Crippen LogP contribution in [0.2, 0.25) is 5.15 Å². The van der Waals surface area contributed by atoms with Crippen molar-refractivity contribution in [1.82, 2.24) is 9.78 Å². The molecule has 0 bridgehead atoms. The summed E-state index contributed by atoms with van der Waals surface area (Å²) in [6.45, 7) is -0.0664. The number of hydrogen-bond acceptors (Lipinski definition) is 3. The van der Waals surface area contributed by atoms with Crippen LogP contribution in [0.25, 0.3) is 5.69 Å². The summed E-state index contributed by atoms with van der Waals surface area (Å²) >= 11 is 6.09. The van der Waals surface area contributed by atoms with E-state index in [1.54, 1.807) is 18.2 Å². The molecule has 0 saturated heterocycles. The maximum atomic E-state index is 13.7. The molecule has 0 spiro atoms. The summed E-state index contributed by atoms with van der Waals surface area (Å²) in [4.78, 5) is 0. The first-order valence-corrected chi connectivity index (χ1v) is 5.67. The molecule has 0 aliphatic carbocycles. The molecule has 0 fully saturated rings. The first kappa shape index (κ1) is 13.0. The first-order valence-electron chi connectivity index (χ1n) is 5.30. The number of halogens is 2. The lowest BCUT2D eigenvalue weighted by atomic mass is 10.2. The van der Waals surface area contributed by atoms with Crippen LogP contribution < -0.4 is 0 Å². The van der Waals surface area contributed by atoms with Crippen LogP contribution in [0.4, 0.5) is 4.39 Å². The lowest BCUT2D eigenvalue weighted by Crippen LogP contribution is -2.00. The third-order valence-corrected chi connectivity index (χ3v) is 2.91. The van der Waals surface area contributed by atoms with E-state index in [0.29, 0.717) is 11.3 Å². The molecule has 1 aromatic carbocycles. The van der Waals surface area contributed by atoms with Gasteiger partial charge in [0.1, 0.15) is 16.7 Å². The summed E-state index contributed by atoms with van der Waals surface area (Å²) in [6.07, 6.45) is 0. The van der Waals surface area contributed by atoms with Crippen molar-refractivity contribution in [2.75, 3.05) is 7.11 Å². The fourth-order valence-electron chi connectivity index (χ4n) is 1.66. The zero-order valence-corrected chi connectivity index (χ0v) is 10.5. The van der Waals surface area contributed by atoms with Crippen LogP contribution in [0.15, 0.2) is 24.3 Å². The number of aliphatic hydroxyl groups excluding tert-OH is 1. The Balaban J connectivity index is 2.55. The molecule has 6 heteroatoms. The number of benzene rings is 1. The van der Waals surface area contributed by atoms with Gasteiger partial charge in [-0.15, -0.1) is 0 Å². The summed E-state index contributed by atoms with van der Waals surface area (Å²) in [5.74, 6) is -0.435. The second-order valence-corrected chi connectivity index (χ2v) is 4.03. The van der Waals surface area contributed by atoms with Crippen molar-refractivity contribution in [3.8, 4) is 5.69 Å². The molecule has 18 heavy (non-hydrogen) atoms. The predicted molar refractivity (Wildman–Crippen MR) is 65.2 cm³/mol. The van der Waals surface area contributed by atoms with Crippen molar-refractivity contribution in [3.05, 3.63) is 46.5 Å². The number of nitrogens with zero attached hydrogens (tertiary/aromatic N) is 2. The van der Waals surface area contributed by atoms with Crippen LogP contribution in [0.1, 0.15) is 11.3 Å². The van der Waals surface area contributed by atoms with E-state index in [2.05, 4.69) is 5.10 Å². The zero-order chi connectivity index (χ0) is 13.1. The van der Waals surface area contributed by atoms with Crippen LogP contribution >= 0.6 is 11.6 Å². The monoisotopic (exact) mass is 270 g/mol. The van der Waals surface area contributed by atoms with Gasteiger partial charge in [0.05, 0.1) is 18.9 Å². The van der Waals surface area contributed by atoms with E-state index in [1.807, 2.05) is 0 Å². The highest BCUT2D eigenvalue weighted by molar-refractivity contribution is 6.30. The molecule has 2 rings (SSSR count). The fraction of sp³-hybridized carbons (Fsp3) is 0.250. The third kappa shape index (κ3) is 2.25. The summed E-state index contributed by atoms with van der Waals surface area (Å²) in [5.41, 5.74) is 1.18. The number of ether oxygens (including phenoxy) is 1. The highest BCUT2D eigenvalue weighted by atomic mass is 35.5. The van der Waals surface area contributed by atoms with E-state index < -0.39 is 5.82 Å². The van der Waals surface area contributed by atoms with Gasteiger partial charge in [-0.1, -0.05) is 23.7 Å². The average molecular weight is 271 g/mol. The molecule has 0 aliphatic heterocycles. The molecule has 2 aromatic rings. The normalized spacial score (nSPS) is 10.9. The average Bonchev–Trinajstić information content (AvgIpc) is 2.67. The quantitative estimate of drug-likeness (QED) is 0.927. The highest BCUT2D eigenvalue weighted by Crippen LogP contribution is 2.25. The molecule has 0 unspecified atom stereocenters. The summed E-state index contributed by atoms with van der Waals surface area (Å²) < 4.78 is 19.9. The summed E-state index contributed by atoms with van der Waals surface area (Å²) in [5, 5.41) is 13.6. The minimum Gasteiger partial charge on any atom is -0.391 e. The van der Waals surface area contributed by atoms with Crippen LogP contribution in [-0.2, 0) is 18.0 Å². The van der Waals surface area contributed by atoms with Gasteiger partial charge in [-0.25, -0.2) is 9.07 Å². The third-order valence-electron chi connectivity index (χ3n) is 2.52. The van der Waals surface area contributed by atoms with Crippen molar-refractivity contribution in [3.63, 3.8) is 0 Å². The highest BCUT2D eigenvalue weighted by Gasteiger charge is 2.18. The maximum Gasteiger partial charge on any atom is 0.148 e. The number of aliphatic hydroxyl groups is 1. The Morgan fingerprint density at radius 3 is 2.78 bits per heavy atom. The Bertz CT molecular complexity index is 557. The summed E-state index contributed by atoms with van der Waals surface area (Å²) in [6, 6.07) is 6.15. The minimum atomic E-state index is -0.435. The van der Waals surface area contributed by atoms with Gasteiger partial charge in [-0.3, -0.25) is 0 Å². The van der Waals surface area contributed by atoms with Gasteiger partial charge in [0.15, 0.2) is 0 Å². The van der Waals surface area contributed by atoms with E-state index >= 15 is 0 Å². The minimum absolute atomic E-state index is 0.189. The van der Waals surface area contributed by atoms with E-state index in [9.17, 15) is 9.50 Å². The van der Waals surface area contributed by atoms with E-state index in [-0.39, 0.29) is 24.1 Å². The molecule has 0 saturated carbocycles. The van der Waals surface area contributed by atoms with Gasteiger partial charge in [0.25, 0.3) is 0 Å². The van der Waals surface area contributed by atoms with Gasteiger partial charge in [0.2, 0.25) is 0 Å². The molecule has 96 valence electrons. The second-order valence-electron chi connectivity index (χ2n) is 3.67. The fourth-order valence-corrected chi connectivity index (χ4v) is 1.96. The molecule has 1 N–H and O–H groups in total. The van der Waals surface area contributed by atoms with Crippen molar-refractivity contribution in [2.24, 2.45) is 0 Å². The van der Waals surface area contributed by atoms with Crippen molar-refractivity contribution < 1.29 is 14.2 Å². The number of methoxy groups -OCH3 is 1. The molecular weight excluding hydrogens is 259 g/mol. The van der Waals surface area contributed by atoms with Gasteiger partial charge in [-0.05, 0) is 12.1 Å². The Hall–Kier alpha value is -1.43. The first-order chi connectivity index (χ1) is 8.69. The number of para-hydroxylation sites is 1. The lowest BCUT2D eigenvalue weighted by Gasteiger charge is -2.04. The smallest absolute Gasteiger partial charge is 0.148 e. The van der Waals surface area contributed by atoms with Crippen LogP contribution in [-0.4, -0.2) is 22.0 Å². The number of hydrogen-bond donors (Lipinski definition) is 1. The van der Waals surface area contributed by atoms with Crippen molar-refractivity contribution >= 4 is 11.6 Å². The van der Waals surface area contributed by atoms with Gasteiger partial charge in [0, 0.05) is 12.7 Å². The Kier molecular flexibility index (Phi) is 3.96. The van der Waals surface area contributed by atoms with Gasteiger partial charge >= 0.3 is 0 Å². The molecule has 1 aromatic heterocycles. The van der Waals surface area contributed by atoms with Crippen LogP contribution in [0.3, 0.4) is 0 Å². The van der Waals surface area contributed by atoms with Crippen LogP contribution in [0, 0.1) is 5.82 Å².